The molecule has 0 aromatic heterocycles. The van der Waals surface area contributed by atoms with Crippen molar-refractivity contribution in [2.45, 2.75) is 32.6 Å². The zero-order valence-corrected chi connectivity index (χ0v) is 15.2. The molecule has 2 aliphatic heterocycles. The second kappa shape index (κ2) is 8.48. The van der Waals surface area contributed by atoms with Crippen LogP contribution in [0, 0.1) is 6.92 Å². The van der Waals surface area contributed by atoms with E-state index in [1.54, 1.807) is 0 Å². The van der Waals surface area contributed by atoms with Crippen LogP contribution in [0.15, 0.2) is 24.3 Å². The normalized spacial score (nSPS) is 19.1. The molecule has 2 saturated heterocycles. The minimum Gasteiger partial charge on any atom is -0.343 e. The van der Waals surface area contributed by atoms with E-state index in [0.717, 1.165) is 69.8 Å². The van der Waals surface area contributed by atoms with Gasteiger partial charge in [-0.05, 0) is 37.8 Å². The topological polar surface area (TPSA) is 43.9 Å². The Labute approximate surface area is 150 Å². The molecular formula is C20H29N3O2. The summed E-state index contributed by atoms with van der Waals surface area (Å²) in [6.45, 7) is 7.83. The number of benzene rings is 1. The Morgan fingerprint density at radius 2 is 1.56 bits per heavy atom. The minimum atomic E-state index is 0.127. The van der Waals surface area contributed by atoms with E-state index < -0.39 is 0 Å². The molecule has 5 nitrogen and oxygen atoms in total. The van der Waals surface area contributed by atoms with Crippen LogP contribution < -0.4 is 0 Å². The fraction of sp³-hybridized carbons (Fsp3) is 0.600. The molecule has 5 heteroatoms. The van der Waals surface area contributed by atoms with Gasteiger partial charge < -0.3 is 9.80 Å². The number of hydrogen-bond acceptors (Lipinski definition) is 3. The van der Waals surface area contributed by atoms with Gasteiger partial charge in [0.2, 0.25) is 5.91 Å². The summed E-state index contributed by atoms with van der Waals surface area (Å²) in [4.78, 5) is 31.2. The smallest absolute Gasteiger partial charge is 0.254 e. The lowest BCUT2D eigenvalue weighted by Crippen LogP contribution is -2.49. The van der Waals surface area contributed by atoms with Crippen molar-refractivity contribution < 1.29 is 9.59 Å². The molecule has 0 bridgehead atoms. The summed E-state index contributed by atoms with van der Waals surface area (Å²) in [7, 11) is 0. The Bertz CT molecular complexity index is 603. The Morgan fingerprint density at radius 3 is 2.24 bits per heavy atom. The average Bonchev–Trinajstić information content (AvgIpc) is 2.67. The van der Waals surface area contributed by atoms with Crippen LogP contribution in [0.3, 0.4) is 0 Å². The number of carbonyl (C=O) groups is 2. The van der Waals surface area contributed by atoms with Gasteiger partial charge in [-0.25, -0.2) is 0 Å². The van der Waals surface area contributed by atoms with Crippen LogP contribution in [0.1, 0.15) is 41.6 Å². The van der Waals surface area contributed by atoms with E-state index >= 15 is 0 Å². The van der Waals surface area contributed by atoms with Crippen molar-refractivity contribution in [2.24, 2.45) is 0 Å². The van der Waals surface area contributed by atoms with Gasteiger partial charge in [-0.2, -0.15) is 0 Å². The first-order valence-corrected chi connectivity index (χ1v) is 9.50. The molecule has 0 atom stereocenters. The second-order valence-corrected chi connectivity index (χ2v) is 7.14. The maximum Gasteiger partial charge on any atom is 0.254 e. The highest BCUT2D eigenvalue weighted by molar-refractivity contribution is 5.95. The van der Waals surface area contributed by atoms with Gasteiger partial charge in [0.25, 0.3) is 5.91 Å². The standard InChI is InChI=1S/C20H29N3O2/c1-17-7-3-4-8-18(17)20(25)23-15-13-21(14-16-23)12-9-19(24)22-10-5-2-6-11-22/h3-4,7-8H,2,5-6,9-16H2,1H3. The molecule has 0 N–H and O–H groups in total. The third-order valence-corrected chi connectivity index (χ3v) is 5.39. The number of likely N-dealkylation sites (tertiary alicyclic amines) is 1. The fourth-order valence-electron chi connectivity index (χ4n) is 3.71. The highest BCUT2D eigenvalue weighted by Gasteiger charge is 2.24. The molecule has 136 valence electrons. The number of piperazine rings is 1. The van der Waals surface area contributed by atoms with Crippen molar-refractivity contribution in [2.75, 3.05) is 45.8 Å². The van der Waals surface area contributed by atoms with Gasteiger partial charge in [0, 0.05) is 57.8 Å². The first-order valence-electron chi connectivity index (χ1n) is 9.50. The van der Waals surface area contributed by atoms with E-state index in [2.05, 4.69) is 4.90 Å². The quantitative estimate of drug-likeness (QED) is 0.841. The van der Waals surface area contributed by atoms with Crippen LogP contribution in [0.2, 0.25) is 0 Å². The van der Waals surface area contributed by atoms with Crippen molar-refractivity contribution >= 4 is 11.8 Å². The predicted octanol–water partition coefficient (Wildman–Crippen LogP) is 2.16. The van der Waals surface area contributed by atoms with Crippen molar-refractivity contribution in [3.8, 4) is 0 Å². The number of aryl methyl sites for hydroxylation is 1. The third-order valence-electron chi connectivity index (χ3n) is 5.39. The third kappa shape index (κ3) is 4.60. The molecule has 0 radical (unpaired) electrons. The van der Waals surface area contributed by atoms with Crippen LogP contribution in [0.4, 0.5) is 0 Å². The number of amides is 2. The van der Waals surface area contributed by atoms with E-state index in [1.165, 1.54) is 6.42 Å². The van der Waals surface area contributed by atoms with E-state index in [9.17, 15) is 9.59 Å². The van der Waals surface area contributed by atoms with Crippen molar-refractivity contribution in [3.63, 3.8) is 0 Å². The molecule has 2 amide bonds. The van der Waals surface area contributed by atoms with Crippen molar-refractivity contribution in [1.29, 1.82) is 0 Å². The van der Waals surface area contributed by atoms with E-state index in [1.807, 2.05) is 41.0 Å². The zero-order valence-electron chi connectivity index (χ0n) is 15.2. The molecular weight excluding hydrogens is 314 g/mol. The Balaban J connectivity index is 1.43. The summed E-state index contributed by atoms with van der Waals surface area (Å²) >= 11 is 0. The maximum absolute atomic E-state index is 12.6. The van der Waals surface area contributed by atoms with E-state index in [4.69, 9.17) is 0 Å². The fourth-order valence-corrected chi connectivity index (χ4v) is 3.71. The van der Waals surface area contributed by atoms with Gasteiger partial charge in [-0.1, -0.05) is 18.2 Å². The van der Waals surface area contributed by atoms with Gasteiger partial charge in [0.1, 0.15) is 0 Å². The summed E-state index contributed by atoms with van der Waals surface area (Å²) in [6.07, 6.45) is 4.14. The van der Waals surface area contributed by atoms with Crippen LogP contribution in [0.25, 0.3) is 0 Å². The van der Waals surface area contributed by atoms with Gasteiger partial charge in [-0.3, -0.25) is 14.5 Å². The predicted molar refractivity (Wildman–Crippen MR) is 98.6 cm³/mol. The largest absolute Gasteiger partial charge is 0.343 e. The second-order valence-electron chi connectivity index (χ2n) is 7.14. The number of nitrogens with zero attached hydrogens (tertiary/aromatic N) is 3. The summed E-state index contributed by atoms with van der Waals surface area (Å²) in [6, 6.07) is 7.77. The average molecular weight is 343 g/mol. The lowest BCUT2D eigenvalue weighted by atomic mass is 10.1. The minimum absolute atomic E-state index is 0.127. The Hall–Kier alpha value is -1.88. The van der Waals surface area contributed by atoms with Crippen molar-refractivity contribution in [1.82, 2.24) is 14.7 Å². The van der Waals surface area contributed by atoms with Crippen molar-refractivity contribution in [3.05, 3.63) is 35.4 Å². The monoisotopic (exact) mass is 343 g/mol. The van der Waals surface area contributed by atoms with E-state index in [-0.39, 0.29) is 11.8 Å². The molecule has 2 heterocycles. The molecule has 2 aliphatic rings. The molecule has 2 fully saturated rings. The molecule has 0 unspecified atom stereocenters. The summed E-state index contributed by atoms with van der Waals surface area (Å²) < 4.78 is 0. The number of hydrogen-bond donors (Lipinski definition) is 0. The first-order chi connectivity index (χ1) is 12.1. The molecule has 0 aliphatic carbocycles. The van der Waals surface area contributed by atoms with Crippen LogP contribution in [0.5, 0.6) is 0 Å². The molecule has 0 spiro atoms. The molecule has 1 aromatic rings. The van der Waals surface area contributed by atoms with Gasteiger partial charge in [-0.15, -0.1) is 0 Å². The highest BCUT2D eigenvalue weighted by atomic mass is 16.2. The molecule has 1 aromatic carbocycles. The summed E-state index contributed by atoms with van der Waals surface area (Å²) in [5.41, 5.74) is 1.83. The van der Waals surface area contributed by atoms with Crippen LogP contribution in [-0.4, -0.2) is 72.3 Å². The Kier molecular flexibility index (Phi) is 6.08. The number of rotatable bonds is 4. The molecule has 3 rings (SSSR count). The zero-order chi connectivity index (χ0) is 17.6. The highest BCUT2D eigenvalue weighted by Crippen LogP contribution is 2.14. The number of piperidine rings is 1. The maximum atomic E-state index is 12.6. The first kappa shape index (κ1) is 17.9. The summed E-state index contributed by atoms with van der Waals surface area (Å²) in [5.74, 6) is 0.417. The lowest BCUT2D eigenvalue weighted by molar-refractivity contribution is -0.132. The van der Waals surface area contributed by atoms with Crippen LogP contribution in [-0.2, 0) is 4.79 Å². The molecule has 0 saturated carbocycles. The van der Waals surface area contributed by atoms with Gasteiger partial charge in [0.15, 0.2) is 0 Å². The number of carbonyl (C=O) groups excluding carboxylic acids is 2. The van der Waals surface area contributed by atoms with Gasteiger partial charge in [0.05, 0.1) is 0 Å². The van der Waals surface area contributed by atoms with E-state index in [0.29, 0.717) is 6.42 Å². The Morgan fingerprint density at radius 1 is 0.880 bits per heavy atom. The SMILES string of the molecule is Cc1ccccc1C(=O)N1CCN(CCC(=O)N2CCCCC2)CC1. The van der Waals surface area contributed by atoms with Gasteiger partial charge >= 0.3 is 0 Å². The van der Waals surface area contributed by atoms with Crippen LogP contribution >= 0.6 is 0 Å². The lowest BCUT2D eigenvalue weighted by Gasteiger charge is -2.35. The summed E-state index contributed by atoms with van der Waals surface area (Å²) in [5, 5.41) is 0. The molecule has 25 heavy (non-hydrogen) atoms.